The van der Waals surface area contributed by atoms with Crippen LogP contribution in [0.25, 0.3) is 0 Å². The van der Waals surface area contributed by atoms with E-state index in [1.165, 1.54) is 0 Å². The van der Waals surface area contributed by atoms with Crippen LogP contribution in [0.3, 0.4) is 0 Å². The van der Waals surface area contributed by atoms with Crippen LogP contribution in [0.4, 0.5) is 13.2 Å². The monoisotopic (exact) mass is 469 g/mol. The second-order valence-corrected chi connectivity index (χ2v) is 10.2. The first kappa shape index (κ1) is 24.4. The third-order valence-corrected chi connectivity index (χ3v) is 8.10. The van der Waals surface area contributed by atoms with Gasteiger partial charge >= 0.3 is 6.18 Å². The number of halogens is 3. The Morgan fingerprint density at radius 3 is 2.79 bits per heavy atom. The second-order valence-electron chi connectivity index (χ2n) is 10.2. The average molecular weight is 470 g/mol. The normalized spacial score (nSPS) is 30.7. The summed E-state index contributed by atoms with van der Waals surface area (Å²) in [7, 11) is 2.02. The van der Waals surface area contributed by atoms with E-state index in [1.54, 1.807) is 4.90 Å². The zero-order chi connectivity index (χ0) is 24.0. The van der Waals surface area contributed by atoms with Gasteiger partial charge in [-0.2, -0.15) is 13.2 Å². The molecule has 4 rings (SSSR count). The standard InChI is InChI=1S/C24H34F3N3O3/c1-15(2)23(7-4-18(11-23)29(3)20-6-9-33-14-21(20)31)22(32)30-8-5-19-16(13-30)10-17(12-28-19)24(25,26)27/h10,12,15,18,20-21,31H,4-9,11,13-14H2,1-3H3/t18-,20?,21?,23+/m1/s1. The number of ether oxygens (including phenoxy) is 1. The molecule has 0 spiro atoms. The Hall–Kier alpha value is -1.71. The Kier molecular flexibility index (Phi) is 6.77. The molecule has 0 bridgehead atoms. The molecule has 1 saturated carbocycles. The average Bonchev–Trinajstić information content (AvgIpc) is 3.24. The van der Waals surface area contributed by atoms with Crippen molar-refractivity contribution in [2.75, 3.05) is 26.8 Å². The van der Waals surface area contributed by atoms with Crippen LogP contribution >= 0.6 is 0 Å². The number of nitrogens with zero attached hydrogens (tertiary/aromatic N) is 3. The van der Waals surface area contributed by atoms with Crippen LogP contribution < -0.4 is 0 Å². The molecule has 0 radical (unpaired) electrons. The van der Waals surface area contributed by atoms with E-state index in [2.05, 4.69) is 23.7 Å². The molecular formula is C24H34F3N3O3. The van der Waals surface area contributed by atoms with Crippen molar-refractivity contribution in [3.05, 3.63) is 29.1 Å². The lowest BCUT2D eigenvalue weighted by molar-refractivity contribution is -0.146. The first-order valence-electron chi connectivity index (χ1n) is 11.8. The van der Waals surface area contributed by atoms with Crippen molar-refractivity contribution in [2.24, 2.45) is 11.3 Å². The van der Waals surface area contributed by atoms with Gasteiger partial charge in [0.15, 0.2) is 0 Å². The maximum absolute atomic E-state index is 13.9. The Bertz CT molecular complexity index is 878. The topological polar surface area (TPSA) is 65.9 Å². The molecule has 184 valence electrons. The van der Waals surface area contributed by atoms with E-state index in [4.69, 9.17) is 4.74 Å². The van der Waals surface area contributed by atoms with E-state index in [-0.39, 0.29) is 30.5 Å². The number of alkyl halides is 3. The SMILES string of the molecule is CC(C)[C@]1(C(=O)N2CCc3ncc(C(F)(F)F)cc3C2)CC[C@@H](N(C)C2CCOCC2O)C1. The van der Waals surface area contributed by atoms with E-state index in [1.807, 2.05) is 7.05 Å². The molecule has 1 aliphatic carbocycles. The van der Waals surface area contributed by atoms with Crippen LogP contribution in [0, 0.1) is 11.3 Å². The number of hydrogen-bond donors (Lipinski definition) is 1. The Balaban J connectivity index is 1.51. The number of aliphatic hydroxyl groups is 1. The lowest BCUT2D eigenvalue weighted by Crippen LogP contribution is -2.52. The van der Waals surface area contributed by atoms with Crippen molar-refractivity contribution >= 4 is 5.91 Å². The van der Waals surface area contributed by atoms with Gasteiger partial charge in [0.05, 0.1) is 23.7 Å². The molecule has 6 nitrogen and oxygen atoms in total. The van der Waals surface area contributed by atoms with Crippen molar-refractivity contribution in [3.63, 3.8) is 0 Å². The minimum Gasteiger partial charge on any atom is -0.389 e. The number of pyridine rings is 1. The van der Waals surface area contributed by atoms with Crippen LogP contribution in [-0.4, -0.2) is 70.8 Å². The molecule has 3 heterocycles. The molecule has 1 aromatic heterocycles. The number of rotatable bonds is 4. The highest BCUT2D eigenvalue weighted by Gasteiger charge is 2.51. The van der Waals surface area contributed by atoms with E-state index >= 15 is 0 Å². The summed E-state index contributed by atoms with van der Waals surface area (Å²) < 4.78 is 44.9. The van der Waals surface area contributed by atoms with E-state index < -0.39 is 23.3 Å². The molecule has 2 unspecified atom stereocenters. The van der Waals surface area contributed by atoms with Crippen LogP contribution in [0.2, 0.25) is 0 Å². The van der Waals surface area contributed by atoms with Crippen LogP contribution in [0.15, 0.2) is 12.3 Å². The highest BCUT2D eigenvalue weighted by atomic mass is 19.4. The summed E-state index contributed by atoms with van der Waals surface area (Å²) in [6.45, 7) is 5.71. The number of hydrogen-bond acceptors (Lipinski definition) is 5. The molecule has 1 aromatic rings. The van der Waals surface area contributed by atoms with Crippen molar-refractivity contribution in [1.29, 1.82) is 0 Å². The fourth-order valence-electron chi connectivity index (χ4n) is 5.89. The second kappa shape index (κ2) is 9.15. The summed E-state index contributed by atoms with van der Waals surface area (Å²) in [5, 5.41) is 10.4. The van der Waals surface area contributed by atoms with Gasteiger partial charge in [0.2, 0.25) is 5.91 Å². The van der Waals surface area contributed by atoms with Gasteiger partial charge in [-0.05, 0) is 50.3 Å². The summed E-state index contributed by atoms with van der Waals surface area (Å²) >= 11 is 0. The first-order valence-corrected chi connectivity index (χ1v) is 11.8. The van der Waals surface area contributed by atoms with Crippen molar-refractivity contribution in [1.82, 2.24) is 14.8 Å². The lowest BCUT2D eigenvalue weighted by atomic mass is 9.73. The third-order valence-electron chi connectivity index (χ3n) is 8.10. The number of amides is 1. The molecule has 1 amide bonds. The molecule has 1 saturated heterocycles. The zero-order valence-corrected chi connectivity index (χ0v) is 19.6. The molecule has 2 aliphatic heterocycles. The highest BCUT2D eigenvalue weighted by molar-refractivity contribution is 5.83. The van der Waals surface area contributed by atoms with Gasteiger partial charge in [-0.1, -0.05) is 13.8 Å². The predicted molar refractivity (Wildman–Crippen MR) is 116 cm³/mol. The fraction of sp³-hybridized carbons (Fsp3) is 0.750. The Morgan fingerprint density at radius 1 is 1.36 bits per heavy atom. The minimum atomic E-state index is -4.45. The summed E-state index contributed by atoms with van der Waals surface area (Å²) in [6.07, 6.45) is -0.605. The number of aromatic nitrogens is 1. The summed E-state index contributed by atoms with van der Waals surface area (Å²) in [6, 6.07) is 1.32. The van der Waals surface area contributed by atoms with Crippen LogP contribution in [0.1, 0.15) is 56.4 Å². The van der Waals surface area contributed by atoms with Gasteiger partial charge < -0.3 is 14.7 Å². The summed E-state index contributed by atoms with van der Waals surface area (Å²) in [4.78, 5) is 21.8. The molecule has 0 aromatic carbocycles. The Labute approximate surface area is 193 Å². The number of likely N-dealkylation sites (N-methyl/N-ethyl adjacent to an activating group) is 1. The molecule has 1 N–H and O–H groups in total. The van der Waals surface area contributed by atoms with Gasteiger partial charge in [0.25, 0.3) is 0 Å². The highest BCUT2D eigenvalue weighted by Crippen LogP contribution is 2.48. The van der Waals surface area contributed by atoms with Gasteiger partial charge in [-0.3, -0.25) is 14.7 Å². The van der Waals surface area contributed by atoms with E-state index in [9.17, 15) is 23.1 Å². The maximum atomic E-state index is 13.9. The maximum Gasteiger partial charge on any atom is 0.417 e. The lowest BCUT2D eigenvalue weighted by Gasteiger charge is -2.41. The van der Waals surface area contributed by atoms with Gasteiger partial charge in [-0.25, -0.2) is 0 Å². The van der Waals surface area contributed by atoms with E-state index in [0.29, 0.717) is 43.9 Å². The van der Waals surface area contributed by atoms with Crippen LogP contribution in [0.5, 0.6) is 0 Å². The van der Waals surface area contributed by atoms with Gasteiger partial charge in [0.1, 0.15) is 0 Å². The van der Waals surface area contributed by atoms with Gasteiger partial charge in [-0.15, -0.1) is 0 Å². The van der Waals surface area contributed by atoms with Crippen molar-refractivity contribution in [2.45, 2.75) is 76.9 Å². The zero-order valence-electron chi connectivity index (χ0n) is 19.6. The van der Waals surface area contributed by atoms with Crippen molar-refractivity contribution < 1.29 is 27.8 Å². The largest absolute Gasteiger partial charge is 0.417 e. The molecule has 9 heteroatoms. The molecule has 2 fully saturated rings. The smallest absolute Gasteiger partial charge is 0.389 e. The predicted octanol–water partition coefficient (Wildman–Crippen LogP) is 3.26. The quantitative estimate of drug-likeness (QED) is 0.733. The van der Waals surface area contributed by atoms with Gasteiger partial charge in [0, 0.05) is 50.1 Å². The minimum absolute atomic E-state index is 0.00976. The molecule has 3 aliphatic rings. The number of carbonyl (C=O) groups is 1. The number of carbonyl (C=O) groups excluding carboxylic acids is 1. The fourth-order valence-corrected chi connectivity index (χ4v) is 5.89. The molecular weight excluding hydrogens is 435 g/mol. The first-order chi connectivity index (χ1) is 15.5. The summed E-state index contributed by atoms with van der Waals surface area (Å²) in [5.74, 6) is 0.132. The van der Waals surface area contributed by atoms with Crippen molar-refractivity contribution in [3.8, 4) is 0 Å². The Morgan fingerprint density at radius 2 is 2.12 bits per heavy atom. The van der Waals surface area contributed by atoms with E-state index in [0.717, 1.165) is 31.5 Å². The third kappa shape index (κ3) is 4.64. The number of aliphatic hydroxyl groups excluding tert-OH is 1. The molecule has 33 heavy (non-hydrogen) atoms. The molecule has 4 atom stereocenters. The number of fused-ring (bicyclic) bond motifs is 1. The summed E-state index contributed by atoms with van der Waals surface area (Å²) in [5.41, 5.74) is -0.197. The van der Waals surface area contributed by atoms with Crippen LogP contribution in [-0.2, 0) is 28.7 Å².